The van der Waals surface area contributed by atoms with Gasteiger partial charge in [0.1, 0.15) is 5.82 Å². The van der Waals surface area contributed by atoms with Gasteiger partial charge in [-0.1, -0.05) is 0 Å². The van der Waals surface area contributed by atoms with E-state index in [0.717, 1.165) is 16.5 Å². The van der Waals surface area contributed by atoms with Crippen molar-refractivity contribution in [2.45, 2.75) is 19.9 Å². The molecule has 0 bridgehead atoms. The van der Waals surface area contributed by atoms with Gasteiger partial charge in [0.05, 0.1) is 10.9 Å². The number of nitrogens with two attached hydrogens (primary N) is 1. The molecule has 2 aromatic rings. The van der Waals surface area contributed by atoms with Crippen molar-refractivity contribution in [1.29, 1.82) is 0 Å². The zero-order valence-corrected chi connectivity index (χ0v) is 8.93. The number of aromatic nitrogens is 3. The van der Waals surface area contributed by atoms with E-state index in [1.165, 1.54) is 4.88 Å². The topological polar surface area (TPSA) is 67.6 Å². The predicted molar refractivity (Wildman–Crippen MR) is 57.0 cm³/mol. The highest BCUT2D eigenvalue weighted by Gasteiger charge is 2.09. The maximum atomic E-state index is 5.68. The first-order chi connectivity index (χ1) is 6.66. The monoisotopic (exact) mass is 208 g/mol. The number of rotatable bonds is 2. The first-order valence-corrected chi connectivity index (χ1v) is 5.23. The predicted octanol–water partition coefficient (Wildman–Crippen LogP) is 1.86. The summed E-state index contributed by atoms with van der Waals surface area (Å²) in [4.78, 5) is 6.64. The van der Waals surface area contributed by atoms with E-state index in [9.17, 15) is 0 Å². The van der Waals surface area contributed by atoms with Crippen LogP contribution in [0, 0.1) is 6.92 Å². The second-order valence-corrected chi connectivity index (χ2v) is 4.53. The molecule has 0 fully saturated rings. The zero-order chi connectivity index (χ0) is 10.1. The second kappa shape index (κ2) is 3.51. The molecule has 0 aliphatic carbocycles. The summed E-state index contributed by atoms with van der Waals surface area (Å²) in [5.74, 6) is 1.46. The number of H-pyrrole nitrogens is 1. The molecule has 1 atom stereocenters. The van der Waals surface area contributed by atoms with E-state index in [2.05, 4.69) is 28.2 Å². The maximum Gasteiger partial charge on any atom is 0.191 e. The lowest BCUT2D eigenvalue weighted by Crippen LogP contribution is -2.06. The molecule has 4 nitrogen and oxygen atoms in total. The fraction of sp³-hybridized carbons (Fsp3) is 0.333. The molecule has 0 spiro atoms. The third kappa shape index (κ3) is 1.69. The van der Waals surface area contributed by atoms with E-state index in [-0.39, 0.29) is 6.04 Å². The molecule has 1 unspecified atom stereocenters. The molecule has 0 saturated carbocycles. The number of aromatic amines is 1. The number of nitrogens with one attached hydrogen (secondary N) is 1. The number of hydrogen-bond acceptors (Lipinski definition) is 4. The molecule has 2 heterocycles. The standard InChI is InChI=1S/C9H12N4S/c1-5-3-4-7(14-5)9-11-8(6(2)10)12-13-9/h3-4,6H,10H2,1-2H3,(H,11,12,13). The number of hydrogen-bond donors (Lipinski definition) is 2. The lowest BCUT2D eigenvalue weighted by Gasteiger charge is -1.95. The van der Waals surface area contributed by atoms with Crippen LogP contribution in [0.25, 0.3) is 10.7 Å². The highest BCUT2D eigenvalue weighted by molar-refractivity contribution is 7.15. The van der Waals surface area contributed by atoms with Gasteiger partial charge in [0, 0.05) is 4.88 Å². The zero-order valence-electron chi connectivity index (χ0n) is 8.11. The van der Waals surface area contributed by atoms with Gasteiger partial charge in [0.25, 0.3) is 0 Å². The Morgan fingerprint density at radius 1 is 1.50 bits per heavy atom. The van der Waals surface area contributed by atoms with Crippen LogP contribution in [0.2, 0.25) is 0 Å². The second-order valence-electron chi connectivity index (χ2n) is 3.24. The van der Waals surface area contributed by atoms with Crippen LogP contribution in [0.5, 0.6) is 0 Å². The minimum atomic E-state index is -0.0997. The van der Waals surface area contributed by atoms with Crippen molar-refractivity contribution in [1.82, 2.24) is 15.2 Å². The van der Waals surface area contributed by atoms with Crippen molar-refractivity contribution in [2.24, 2.45) is 5.73 Å². The van der Waals surface area contributed by atoms with E-state index in [0.29, 0.717) is 0 Å². The lowest BCUT2D eigenvalue weighted by atomic mass is 10.3. The highest BCUT2D eigenvalue weighted by Crippen LogP contribution is 2.24. The van der Waals surface area contributed by atoms with Gasteiger partial charge < -0.3 is 5.73 Å². The number of nitrogens with zero attached hydrogens (tertiary/aromatic N) is 2. The van der Waals surface area contributed by atoms with E-state index in [1.807, 2.05) is 13.0 Å². The Hall–Kier alpha value is -1.20. The Balaban J connectivity index is 2.33. The Bertz CT molecular complexity index is 429. The average Bonchev–Trinajstić information content (AvgIpc) is 2.70. The van der Waals surface area contributed by atoms with Crippen molar-refractivity contribution in [3.8, 4) is 10.7 Å². The van der Waals surface area contributed by atoms with Crippen molar-refractivity contribution in [2.75, 3.05) is 0 Å². The van der Waals surface area contributed by atoms with Crippen LogP contribution in [-0.4, -0.2) is 15.2 Å². The van der Waals surface area contributed by atoms with Crippen LogP contribution in [-0.2, 0) is 0 Å². The summed E-state index contributed by atoms with van der Waals surface area (Å²) in [5, 5.41) is 6.95. The smallest absolute Gasteiger partial charge is 0.191 e. The van der Waals surface area contributed by atoms with E-state index < -0.39 is 0 Å². The van der Waals surface area contributed by atoms with Crippen LogP contribution in [0.1, 0.15) is 23.7 Å². The normalized spacial score (nSPS) is 13.1. The third-order valence-corrected chi connectivity index (χ3v) is 2.89. The molecule has 5 heteroatoms. The van der Waals surface area contributed by atoms with Gasteiger partial charge >= 0.3 is 0 Å². The van der Waals surface area contributed by atoms with Gasteiger partial charge in [-0.25, -0.2) is 4.98 Å². The molecule has 0 radical (unpaired) electrons. The van der Waals surface area contributed by atoms with E-state index >= 15 is 0 Å². The summed E-state index contributed by atoms with van der Waals surface area (Å²) in [5.41, 5.74) is 5.68. The Morgan fingerprint density at radius 2 is 2.29 bits per heavy atom. The largest absolute Gasteiger partial charge is 0.322 e. The number of thiophene rings is 1. The minimum Gasteiger partial charge on any atom is -0.322 e. The summed E-state index contributed by atoms with van der Waals surface area (Å²) in [6.07, 6.45) is 0. The Labute approximate surface area is 86.2 Å². The van der Waals surface area contributed by atoms with Gasteiger partial charge in [0.15, 0.2) is 5.82 Å². The third-order valence-electron chi connectivity index (χ3n) is 1.89. The fourth-order valence-corrected chi connectivity index (χ4v) is 1.94. The molecule has 14 heavy (non-hydrogen) atoms. The lowest BCUT2D eigenvalue weighted by molar-refractivity contribution is 0.745. The van der Waals surface area contributed by atoms with Gasteiger partial charge in [-0.2, -0.15) is 5.10 Å². The highest BCUT2D eigenvalue weighted by atomic mass is 32.1. The molecule has 2 aromatic heterocycles. The van der Waals surface area contributed by atoms with E-state index in [4.69, 9.17) is 5.73 Å². The molecule has 0 aromatic carbocycles. The molecule has 0 amide bonds. The van der Waals surface area contributed by atoms with Crippen molar-refractivity contribution in [3.63, 3.8) is 0 Å². The van der Waals surface area contributed by atoms with Gasteiger partial charge in [-0.15, -0.1) is 11.3 Å². The summed E-state index contributed by atoms with van der Waals surface area (Å²) in [6, 6.07) is 3.98. The maximum absolute atomic E-state index is 5.68. The number of aryl methyl sites for hydroxylation is 1. The van der Waals surface area contributed by atoms with Crippen molar-refractivity contribution in [3.05, 3.63) is 22.8 Å². The first-order valence-electron chi connectivity index (χ1n) is 4.41. The quantitative estimate of drug-likeness (QED) is 0.791. The molecule has 74 valence electrons. The summed E-state index contributed by atoms with van der Waals surface area (Å²) in [6.45, 7) is 3.94. The van der Waals surface area contributed by atoms with E-state index in [1.54, 1.807) is 11.3 Å². The molecule has 2 rings (SSSR count). The van der Waals surface area contributed by atoms with Crippen molar-refractivity contribution < 1.29 is 0 Å². The summed E-state index contributed by atoms with van der Waals surface area (Å²) >= 11 is 1.68. The summed E-state index contributed by atoms with van der Waals surface area (Å²) in [7, 11) is 0. The molecular formula is C9H12N4S. The fourth-order valence-electron chi connectivity index (χ4n) is 1.14. The molecule has 3 N–H and O–H groups in total. The molecular weight excluding hydrogens is 196 g/mol. The van der Waals surface area contributed by atoms with Gasteiger partial charge in [-0.3, -0.25) is 5.10 Å². The molecule has 0 aliphatic heterocycles. The van der Waals surface area contributed by atoms with Gasteiger partial charge in [-0.05, 0) is 26.0 Å². The average molecular weight is 208 g/mol. The Kier molecular flexibility index (Phi) is 2.35. The van der Waals surface area contributed by atoms with Crippen LogP contribution in [0.3, 0.4) is 0 Å². The van der Waals surface area contributed by atoms with Crippen LogP contribution < -0.4 is 5.73 Å². The Morgan fingerprint density at radius 3 is 2.79 bits per heavy atom. The summed E-state index contributed by atoms with van der Waals surface area (Å²) < 4.78 is 0. The molecule has 0 aliphatic rings. The van der Waals surface area contributed by atoms with Gasteiger partial charge in [0.2, 0.25) is 0 Å². The van der Waals surface area contributed by atoms with Crippen LogP contribution >= 0.6 is 11.3 Å². The van der Waals surface area contributed by atoms with Crippen LogP contribution in [0.4, 0.5) is 0 Å². The van der Waals surface area contributed by atoms with Crippen LogP contribution in [0.15, 0.2) is 12.1 Å². The SMILES string of the molecule is Cc1ccc(-c2n[nH]c(C(C)N)n2)s1. The minimum absolute atomic E-state index is 0.0997. The van der Waals surface area contributed by atoms with Crippen molar-refractivity contribution >= 4 is 11.3 Å². The molecule has 0 saturated heterocycles. The first kappa shape index (κ1) is 9.36.